The normalized spacial score (nSPS) is 36.5. The van der Waals surface area contributed by atoms with Gasteiger partial charge in [0.1, 0.15) is 11.6 Å². The SMILES string of the molecule is CCCN1CC=C[C@@]2(C)O[C@]34C=CCN(C(C)C)C(=O)C3N(CCCO)C(=O)[C@@H]4[C@H]2C1=O. The number of carbonyl (C=O) groups excluding carboxylic acids is 3. The first kappa shape index (κ1) is 23.0. The van der Waals surface area contributed by atoms with Crippen molar-refractivity contribution in [1.29, 1.82) is 0 Å². The number of hydrogen-bond donors (Lipinski definition) is 1. The average Bonchev–Trinajstić information content (AvgIpc) is 3.00. The lowest BCUT2D eigenvalue weighted by molar-refractivity contribution is -0.153. The van der Waals surface area contributed by atoms with Gasteiger partial charge in [-0.15, -0.1) is 0 Å². The smallest absolute Gasteiger partial charge is 0.249 e. The van der Waals surface area contributed by atoms with E-state index in [4.69, 9.17) is 4.74 Å². The summed E-state index contributed by atoms with van der Waals surface area (Å²) in [6, 6.07) is -0.891. The summed E-state index contributed by atoms with van der Waals surface area (Å²) in [4.78, 5) is 46.5. The van der Waals surface area contributed by atoms with Gasteiger partial charge in [-0.05, 0) is 33.6 Å². The van der Waals surface area contributed by atoms with Crippen LogP contribution in [0.25, 0.3) is 0 Å². The van der Waals surface area contributed by atoms with Crippen LogP contribution in [-0.4, -0.2) is 93.6 Å². The van der Waals surface area contributed by atoms with Gasteiger partial charge in [-0.1, -0.05) is 31.2 Å². The minimum absolute atomic E-state index is 0.0415. The van der Waals surface area contributed by atoms with Gasteiger partial charge in [0.05, 0.1) is 17.4 Å². The van der Waals surface area contributed by atoms with E-state index in [0.29, 0.717) is 26.1 Å². The van der Waals surface area contributed by atoms with Crippen molar-refractivity contribution in [2.24, 2.45) is 11.8 Å². The van der Waals surface area contributed by atoms with Crippen LogP contribution in [0.15, 0.2) is 24.3 Å². The second-order valence-corrected chi connectivity index (χ2v) is 9.78. The largest absolute Gasteiger partial charge is 0.396 e. The molecule has 1 spiro atoms. The van der Waals surface area contributed by atoms with Gasteiger partial charge in [0.25, 0.3) is 0 Å². The predicted molar refractivity (Wildman–Crippen MR) is 118 cm³/mol. The van der Waals surface area contributed by atoms with Crippen LogP contribution in [0.3, 0.4) is 0 Å². The molecule has 4 rings (SSSR count). The molecule has 8 heteroatoms. The van der Waals surface area contributed by atoms with E-state index in [-0.39, 0.29) is 36.9 Å². The minimum atomic E-state index is -1.21. The zero-order valence-corrected chi connectivity index (χ0v) is 19.5. The summed E-state index contributed by atoms with van der Waals surface area (Å²) in [6.07, 6.45) is 8.80. The Balaban J connectivity index is 1.85. The number of amides is 3. The topological polar surface area (TPSA) is 90.4 Å². The molecule has 0 aliphatic carbocycles. The number of aliphatic hydroxyl groups excluding tert-OH is 1. The molecule has 4 aliphatic rings. The van der Waals surface area contributed by atoms with E-state index < -0.39 is 29.1 Å². The summed E-state index contributed by atoms with van der Waals surface area (Å²) in [7, 11) is 0. The van der Waals surface area contributed by atoms with Crippen molar-refractivity contribution < 1.29 is 24.2 Å². The molecule has 0 radical (unpaired) electrons. The Kier molecular flexibility index (Phi) is 5.96. The molecule has 0 aromatic carbocycles. The highest BCUT2D eigenvalue weighted by molar-refractivity contribution is 6.00. The molecule has 0 saturated carbocycles. The third-order valence-corrected chi connectivity index (χ3v) is 7.35. The van der Waals surface area contributed by atoms with Crippen molar-refractivity contribution in [1.82, 2.24) is 14.7 Å². The van der Waals surface area contributed by atoms with Gasteiger partial charge in [-0.3, -0.25) is 14.4 Å². The summed E-state index contributed by atoms with van der Waals surface area (Å²) in [5.74, 6) is -1.98. The van der Waals surface area contributed by atoms with E-state index in [1.165, 1.54) is 0 Å². The van der Waals surface area contributed by atoms with Crippen molar-refractivity contribution in [2.75, 3.05) is 32.8 Å². The first-order valence-electron chi connectivity index (χ1n) is 11.8. The zero-order chi connectivity index (χ0) is 23.3. The van der Waals surface area contributed by atoms with E-state index in [0.717, 1.165) is 6.42 Å². The lowest BCUT2D eigenvalue weighted by Gasteiger charge is -2.38. The molecule has 0 aromatic heterocycles. The Bertz CT molecular complexity index is 855. The van der Waals surface area contributed by atoms with Crippen LogP contribution >= 0.6 is 0 Å². The fraction of sp³-hybridized carbons (Fsp3) is 0.708. The third-order valence-electron chi connectivity index (χ3n) is 7.35. The number of aliphatic hydroxyl groups is 1. The van der Waals surface area contributed by atoms with Crippen LogP contribution in [-0.2, 0) is 19.1 Å². The summed E-state index contributed by atoms with van der Waals surface area (Å²) in [5.41, 5.74) is -2.18. The minimum Gasteiger partial charge on any atom is -0.396 e. The molecule has 0 bridgehead atoms. The number of hydrogen-bond acceptors (Lipinski definition) is 5. The molecule has 176 valence electrons. The lowest BCUT2D eigenvalue weighted by atomic mass is 9.74. The van der Waals surface area contributed by atoms with Crippen molar-refractivity contribution in [3.8, 4) is 0 Å². The molecule has 3 amide bonds. The average molecular weight is 446 g/mol. The molecule has 0 aromatic rings. The second kappa shape index (κ2) is 8.30. The molecule has 32 heavy (non-hydrogen) atoms. The fourth-order valence-corrected chi connectivity index (χ4v) is 6.01. The van der Waals surface area contributed by atoms with Crippen LogP contribution in [0.5, 0.6) is 0 Å². The Morgan fingerprint density at radius 3 is 2.44 bits per heavy atom. The monoisotopic (exact) mass is 445 g/mol. The first-order chi connectivity index (χ1) is 15.2. The summed E-state index contributed by atoms with van der Waals surface area (Å²) >= 11 is 0. The molecule has 1 unspecified atom stereocenters. The number of likely N-dealkylation sites (tertiary alicyclic amines) is 1. The molecule has 2 fully saturated rings. The standard InChI is InChI=1S/C24H35N3O5/c1-5-11-25-12-6-9-23(4)17(20(25)29)18-21(30)27(14-8-15-28)19-22(31)26(16(2)3)13-7-10-24(18,19)32-23/h6-7,9-10,16-19,28H,5,8,11-15H2,1-4H3/t17-,18-,19?,23+,24-/m0/s1. The number of carbonyl (C=O) groups is 3. The van der Waals surface area contributed by atoms with Crippen LogP contribution in [0, 0.1) is 11.8 Å². The molecule has 8 nitrogen and oxygen atoms in total. The van der Waals surface area contributed by atoms with Gasteiger partial charge in [-0.2, -0.15) is 0 Å². The predicted octanol–water partition coefficient (Wildman–Crippen LogP) is 0.955. The highest BCUT2D eigenvalue weighted by Crippen LogP contribution is 2.57. The molecule has 1 N–H and O–H groups in total. The van der Waals surface area contributed by atoms with Gasteiger partial charge in [-0.25, -0.2) is 0 Å². The Morgan fingerprint density at radius 2 is 1.78 bits per heavy atom. The third kappa shape index (κ3) is 3.22. The van der Waals surface area contributed by atoms with E-state index in [1.807, 2.05) is 52.0 Å². The highest BCUT2D eigenvalue weighted by Gasteiger charge is 2.74. The van der Waals surface area contributed by atoms with Gasteiger partial charge in [0.15, 0.2) is 0 Å². The van der Waals surface area contributed by atoms with Crippen molar-refractivity contribution >= 4 is 17.7 Å². The Hall–Kier alpha value is -2.19. The number of rotatable bonds is 6. The van der Waals surface area contributed by atoms with Gasteiger partial charge in [0, 0.05) is 38.8 Å². The van der Waals surface area contributed by atoms with Crippen LogP contribution < -0.4 is 0 Å². The van der Waals surface area contributed by atoms with Crippen molar-refractivity contribution in [2.45, 2.75) is 63.8 Å². The maximum absolute atomic E-state index is 13.9. The maximum atomic E-state index is 13.9. The zero-order valence-electron chi connectivity index (χ0n) is 19.5. The summed E-state index contributed by atoms with van der Waals surface area (Å²) in [6.45, 7) is 9.48. The Morgan fingerprint density at radius 1 is 1.06 bits per heavy atom. The van der Waals surface area contributed by atoms with Crippen LogP contribution in [0.2, 0.25) is 0 Å². The number of nitrogens with zero attached hydrogens (tertiary/aromatic N) is 3. The first-order valence-corrected chi connectivity index (χ1v) is 11.8. The summed E-state index contributed by atoms with van der Waals surface area (Å²) < 4.78 is 6.71. The second-order valence-electron chi connectivity index (χ2n) is 9.78. The number of ether oxygens (including phenoxy) is 1. The Labute approximate surface area is 189 Å². The van der Waals surface area contributed by atoms with Crippen LogP contribution in [0.1, 0.15) is 40.5 Å². The molecule has 2 saturated heterocycles. The van der Waals surface area contributed by atoms with Crippen molar-refractivity contribution in [3.63, 3.8) is 0 Å². The molecular formula is C24H35N3O5. The lowest BCUT2D eigenvalue weighted by Crippen LogP contribution is -2.57. The molecule has 4 heterocycles. The van der Waals surface area contributed by atoms with E-state index in [1.54, 1.807) is 14.7 Å². The van der Waals surface area contributed by atoms with Gasteiger partial charge < -0.3 is 24.5 Å². The maximum Gasteiger partial charge on any atom is 0.249 e. The highest BCUT2D eigenvalue weighted by atomic mass is 16.5. The van der Waals surface area contributed by atoms with E-state index in [9.17, 15) is 19.5 Å². The summed E-state index contributed by atoms with van der Waals surface area (Å²) in [5, 5.41) is 9.42. The van der Waals surface area contributed by atoms with Crippen molar-refractivity contribution in [3.05, 3.63) is 24.3 Å². The van der Waals surface area contributed by atoms with Gasteiger partial charge >= 0.3 is 0 Å². The molecule has 5 atom stereocenters. The van der Waals surface area contributed by atoms with E-state index in [2.05, 4.69) is 0 Å². The number of fused-ring (bicyclic) bond motifs is 2. The van der Waals surface area contributed by atoms with E-state index >= 15 is 0 Å². The molecule has 4 aliphatic heterocycles. The fourth-order valence-electron chi connectivity index (χ4n) is 6.01. The molecular weight excluding hydrogens is 410 g/mol. The van der Waals surface area contributed by atoms with Gasteiger partial charge in [0.2, 0.25) is 17.7 Å². The quantitative estimate of drug-likeness (QED) is 0.615. The van der Waals surface area contributed by atoms with Crippen LogP contribution in [0.4, 0.5) is 0 Å².